The molecular formula is C28H34ClN5OS. The molecule has 5 rings (SSSR count). The molecule has 6 nitrogen and oxygen atoms in total. The van der Waals surface area contributed by atoms with E-state index in [0.29, 0.717) is 17.4 Å². The number of anilines is 1. The van der Waals surface area contributed by atoms with Gasteiger partial charge < -0.3 is 4.90 Å². The molecule has 0 saturated carbocycles. The average Bonchev–Trinajstić information content (AvgIpc) is 3.44. The van der Waals surface area contributed by atoms with E-state index in [-0.39, 0.29) is 5.92 Å². The molecule has 0 atom stereocenters. The quantitative estimate of drug-likeness (QED) is 0.290. The zero-order chi connectivity index (χ0) is 25.1. The molecule has 0 bridgehead atoms. The fourth-order valence-electron chi connectivity index (χ4n) is 5.28. The number of Topliss-reactive ketones (excluding diaryl/α,β-unsaturated/α-hetero) is 1. The third-order valence-electron chi connectivity index (χ3n) is 7.35. The van der Waals surface area contributed by atoms with Gasteiger partial charge in [0.25, 0.3) is 0 Å². The molecule has 3 aromatic rings. The average molecular weight is 524 g/mol. The predicted molar refractivity (Wildman–Crippen MR) is 148 cm³/mol. The van der Waals surface area contributed by atoms with Crippen molar-refractivity contribution in [3.8, 4) is 5.00 Å². The molecule has 4 heterocycles. The van der Waals surface area contributed by atoms with E-state index in [4.69, 9.17) is 16.6 Å². The minimum atomic E-state index is 0.206. The highest BCUT2D eigenvalue weighted by Gasteiger charge is 2.29. The number of aliphatic imine (C=N–C) groups is 1. The number of piperidine rings is 1. The first-order valence-corrected chi connectivity index (χ1v) is 14.4. The molecule has 0 aliphatic carbocycles. The van der Waals surface area contributed by atoms with Crippen molar-refractivity contribution in [1.29, 1.82) is 0 Å². The van der Waals surface area contributed by atoms with Crippen molar-refractivity contribution in [3.05, 3.63) is 58.1 Å². The number of ketones is 1. The summed E-state index contributed by atoms with van der Waals surface area (Å²) in [6.07, 6.45) is 8.59. The van der Waals surface area contributed by atoms with Crippen molar-refractivity contribution in [3.63, 3.8) is 0 Å². The number of nitrogens with zero attached hydrogens (tertiary/aromatic N) is 5. The van der Waals surface area contributed by atoms with Crippen LogP contribution in [-0.2, 0) is 11.3 Å². The summed E-state index contributed by atoms with van der Waals surface area (Å²) in [6, 6.07) is 10.1. The molecule has 0 unspecified atom stereocenters. The minimum Gasteiger partial charge on any atom is -0.363 e. The second-order valence-corrected chi connectivity index (χ2v) is 11.3. The Hall–Kier alpha value is -2.51. The van der Waals surface area contributed by atoms with Crippen LogP contribution in [0.5, 0.6) is 0 Å². The summed E-state index contributed by atoms with van der Waals surface area (Å²) in [5.41, 5.74) is 2.90. The Morgan fingerprint density at radius 3 is 2.64 bits per heavy atom. The zero-order valence-electron chi connectivity index (χ0n) is 21.2. The lowest BCUT2D eigenvalue weighted by Gasteiger charge is -2.32. The highest BCUT2D eigenvalue weighted by atomic mass is 35.5. The van der Waals surface area contributed by atoms with Gasteiger partial charge in [0, 0.05) is 41.6 Å². The van der Waals surface area contributed by atoms with Crippen LogP contribution in [0.3, 0.4) is 0 Å². The summed E-state index contributed by atoms with van der Waals surface area (Å²) in [6.45, 7) is 6.47. The van der Waals surface area contributed by atoms with Gasteiger partial charge in [-0.2, -0.15) is 0 Å². The van der Waals surface area contributed by atoms with Gasteiger partial charge in [-0.25, -0.2) is 0 Å². The van der Waals surface area contributed by atoms with Crippen LogP contribution in [0.4, 0.5) is 5.00 Å². The van der Waals surface area contributed by atoms with E-state index in [1.54, 1.807) is 11.3 Å². The number of halogens is 1. The first-order valence-electron chi connectivity index (χ1n) is 13.2. The fourth-order valence-corrected chi connectivity index (χ4v) is 6.79. The van der Waals surface area contributed by atoms with Gasteiger partial charge in [0.15, 0.2) is 5.82 Å². The first-order chi connectivity index (χ1) is 17.6. The number of carbonyl (C=O) groups excluding carboxylic acids is 1. The van der Waals surface area contributed by atoms with E-state index in [1.165, 1.54) is 30.7 Å². The minimum absolute atomic E-state index is 0.206. The third kappa shape index (κ3) is 5.14. The number of rotatable bonds is 9. The molecule has 0 spiro atoms. The number of aryl methyl sites for hydroxylation is 1. The second kappa shape index (κ2) is 11.3. The van der Waals surface area contributed by atoms with Crippen LogP contribution in [-0.4, -0.2) is 39.3 Å². The van der Waals surface area contributed by atoms with E-state index in [2.05, 4.69) is 32.7 Å². The Balaban J connectivity index is 1.35. The highest BCUT2D eigenvalue weighted by Crippen LogP contribution is 2.39. The smallest absolute Gasteiger partial charge is 0.160 e. The van der Waals surface area contributed by atoms with E-state index in [9.17, 15) is 4.79 Å². The van der Waals surface area contributed by atoms with Crippen molar-refractivity contribution in [2.75, 3.05) is 18.0 Å². The van der Waals surface area contributed by atoms with Crippen molar-refractivity contribution >= 4 is 39.4 Å². The van der Waals surface area contributed by atoms with Gasteiger partial charge in [-0.15, -0.1) is 10.2 Å². The molecule has 2 aromatic heterocycles. The van der Waals surface area contributed by atoms with Crippen molar-refractivity contribution in [1.82, 2.24) is 14.8 Å². The van der Waals surface area contributed by atoms with Gasteiger partial charge in [-0.05, 0) is 38.3 Å². The van der Waals surface area contributed by atoms with Gasteiger partial charge in [-0.1, -0.05) is 73.7 Å². The number of benzene rings is 1. The lowest BCUT2D eigenvalue weighted by atomic mass is 9.90. The van der Waals surface area contributed by atoms with Crippen LogP contribution in [0.1, 0.15) is 81.1 Å². The molecule has 8 heteroatoms. The maximum absolute atomic E-state index is 12.8. The fraction of sp³-hybridized carbons (Fsp3) is 0.500. The molecule has 36 heavy (non-hydrogen) atoms. The molecule has 2 aliphatic heterocycles. The Morgan fingerprint density at radius 2 is 1.86 bits per heavy atom. The number of carbonyl (C=O) groups is 1. The topological polar surface area (TPSA) is 63.4 Å². The number of unbranched alkanes of at least 4 members (excludes halogenated alkanes) is 4. The largest absolute Gasteiger partial charge is 0.363 e. The van der Waals surface area contributed by atoms with Crippen molar-refractivity contribution in [2.24, 2.45) is 10.9 Å². The van der Waals surface area contributed by atoms with Gasteiger partial charge in [0.1, 0.15) is 23.2 Å². The number of aromatic nitrogens is 3. The number of hydrogen-bond acceptors (Lipinski definition) is 6. The summed E-state index contributed by atoms with van der Waals surface area (Å²) in [4.78, 5) is 20.2. The monoisotopic (exact) mass is 523 g/mol. The predicted octanol–water partition coefficient (Wildman–Crippen LogP) is 6.79. The van der Waals surface area contributed by atoms with Crippen LogP contribution in [0.15, 0.2) is 35.3 Å². The SMILES string of the molecule is CCCCCCCC(=O)C1CCN(c2cc3c(s2)-n2c(C)nnc2CN=C3c2ccccc2Cl)CC1. The third-order valence-corrected chi connectivity index (χ3v) is 8.86. The number of hydrogen-bond donors (Lipinski definition) is 0. The molecule has 2 aliphatic rings. The van der Waals surface area contributed by atoms with E-state index >= 15 is 0 Å². The van der Waals surface area contributed by atoms with Crippen LogP contribution < -0.4 is 4.90 Å². The van der Waals surface area contributed by atoms with Crippen molar-refractivity contribution < 1.29 is 4.79 Å². The second-order valence-electron chi connectivity index (χ2n) is 9.84. The zero-order valence-corrected chi connectivity index (χ0v) is 22.7. The summed E-state index contributed by atoms with van der Waals surface area (Å²) >= 11 is 8.35. The Kier molecular flexibility index (Phi) is 7.87. The molecule has 1 aromatic carbocycles. The standard InChI is InChI=1S/C28H34ClN5OS/c1-3-4-5-6-7-12-24(35)20-13-15-33(16-14-20)26-17-22-27(21-10-8-9-11-23(21)29)30-18-25-32-31-19(2)34(25)28(22)36-26/h8-11,17,20H,3-7,12-16,18H2,1-2H3. The summed E-state index contributed by atoms with van der Waals surface area (Å²) < 4.78 is 2.13. The first kappa shape index (κ1) is 25.2. The molecular weight excluding hydrogens is 490 g/mol. The highest BCUT2D eigenvalue weighted by molar-refractivity contribution is 7.19. The van der Waals surface area contributed by atoms with Crippen LogP contribution >= 0.6 is 22.9 Å². The van der Waals surface area contributed by atoms with E-state index in [1.807, 2.05) is 31.2 Å². The number of fused-ring (bicyclic) bond motifs is 3. The van der Waals surface area contributed by atoms with Gasteiger partial charge in [0.2, 0.25) is 0 Å². The maximum atomic E-state index is 12.8. The van der Waals surface area contributed by atoms with Gasteiger partial charge in [0.05, 0.1) is 10.7 Å². The molecule has 0 N–H and O–H groups in total. The summed E-state index contributed by atoms with van der Waals surface area (Å²) in [5.74, 6) is 2.37. The maximum Gasteiger partial charge on any atom is 0.160 e. The summed E-state index contributed by atoms with van der Waals surface area (Å²) in [5, 5.41) is 11.7. The Morgan fingerprint density at radius 1 is 1.08 bits per heavy atom. The molecule has 0 radical (unpaired) electrons. The van der Waals surface area contributed by atoms with E-state index in [0.717, 1.165) is 72.3 Å². The van der Waals surface area contributed by atoms with Gasteiger partial charge >= 0.3 is 0 Å². The van der Waals surface area contributed by atoms with Crippen LogP contribution in [0, 0.1) is 12.8 Å². The lowest BCUT2D eigenvalue weighted by molar-refractivity contribution is -0.123. The van der Waals surface area contributed by atoms with Crippen molar-refractivity contribution in [2.45, 2.75) is 71.8 Å². The molecule has 1 fully saturated rings. The molecule has 1 saturated heterocycles. The Bertz CT molecular complexity index is 1250. The van der Waals surface area contributed by atoms with Gasteiger partial charge in [-0.3, -0.25) is 14.4 Å². The lowest BCUT2D eigenvalue weighted by Crippen LogP contribution is -2.35. The molecule has 190 valence electrons. The van der Waals surface area contributed by atoms with Crippen LogP contribution in [0.25, 0.3) is 5.00 Å². The van der Waals surface area contributed by atoms with E-state index < -0.39 is 0 Å². The summed E-state index contributed by atoms with van der Waals surface area (Å²) in [7, 11) is 0. The van der Waals surface area contributed by atoms with Crippen LogP contribution in [0.2, 0.25) is 5.02 Å². The molecule has 0 amide bonds. The Labute approximate surface area is 222 Å². The normalized spacial score (nSPS) is 15.9. The number of thiophene rings is 1.